The van der Waals surface area contributed by atoms with Gasteiger partial charge in [0.2, 0.25) is 0 Å². The van der Waals surface area contributed by atoms with E-state index in [-0.39, 0.29) is 21.6 Å². The summed E-state index contributed by atoms with van der Waals surface area (Å²) in [6.07, 6.45) is 2.16. The number of hydrogen-bond donors (Lipinski definition) is 0. The standard InChI is InChI=1S/C18H13N3O3S/c1-21(2)10-20-17-13(8-19)16(15(9-22)25-17)12-7-11-5-3-4-6-14(11)24-18(12)23/h3-7,9-10H,1-2H3. The minimum Gasteiger partial charge on any atom is -0.422 e. The van der Waals surface area contributed by atoms with Crippen LogP contribution in [0.1, 0.15) is 15.2 Å². The summed E-state index contributed by atoms with van der Waals surface area (Å²) in [6.45, 7) is 0. The van der Waals surface area contributed by atoms with Crippen molar-refractivity contribution >= 4 is 39.9 Å². The number of benzene rings is 1. The van der Waals surface area contributed by atoms with Crippen molar-refractivity contribution in [3.8, 4) is 17.2 Å². The van der Waals surface area contributed by atoms with Crippen LogP contribution in [-0.2, 0) is 0 Å². The van der Waals surface area contributed by atoms with Gasteiger partial charge in [0, 0.05) is 25.0 Å². The Morgan fingerprint density at radius 1 is 1.32 bits per heavy atom. The Morgan fingerprint density at radius 3 is 2.76 bits per heavy atom. The van der Waals surface area contributed by atoms with Crippen LogP contribution in [-0.4, -0.2) is 31.6 Å². The number of fused-ring (bicyclic) bond motifs is 1. The number of nitrogens with zero attached hydrogens (tertiary/aromatic N) is 3. The molecule has 0 atom stereocenters. The normalized spacial score (nSPS) is 10.9. The van der Waals surface area contributed by atoms with Crippen molar-refractivity contribution in [3.05, 3.63) is 51.2 Å². The largest absolute Gasteiger partial charge is 0.422 e. The summed E-state index contributed by atoms with van der Waals surface area (Å²) in [6, 6.07) is 10.8. The topological polar surface area (TPSA) is 86.7 Å². The molecule has 124 valence electrons. The molecule has 0 unspecified atom stereocenters. The first-order valence-corrected chi connectivity index (χ1v) is 8.12. The summed E-state index contributed by atoms with van der Waals surface area (Å²) in [7, 11) is 3.59. The van der Waals surface area contributed by atoms with Crippen molar-refractivity contribution in [2.75, 3.05) is 14.1 Å². The number of aliphatic imine (C=N–C) groups is 1. The number of hydrogen-bond acceptors (Lipinski definition) is 6. The molecule has 3 rings (SSSR count). The molecule has 0 bridgehead atoms. The second kappa shape index (κ2) is 6.71. The summed E-state index contributed by atoms with van der Waals surface area (Å²) in [5, 5.41) is 10.6. The van der Waals surface area contributed by atoms with Gasteiger partial charge in [-0.1, -0.05) is 18.2 Å². The monoisotopic (exact) mass is 351 g/mol. The Kier molecular flexibility index (Phi) is 4.46. The van der Waals surface area contributed by atoms with Crippen LogP contribution in [0.4, 0.5) is 5.00 Å². The second-order valence-electron chi connectivity index (χ2n) is 5.44. The Morgan fingerprint density at radius 2 is 2.08 bits per heavy atom. The summed E-state index contributed by atoms with van der Waals surface area (Å²) >= 11 is 1.07. The first kappa shape index (κ1) is 16.6. The van der Waals surface area contributed by atoms with E-state index in [9.17, 15) is 14.9 Å². The van der Waals surface area contributed by atoms with E-state index in [1.165, 1.54) is 6.34 Å². The van der Waals surface area contributed by atoms with Crippen molar-refractivity contribution in [1.82, 2.24) is 4.90 Å². The molecule has 0 spiro atoms. The lowest BCUT2D eigenvalue weighted by Crippen LogP contribution is -2.07. The summed E-state index contributed by atoms with van der Waals surface area (Å²) in [4.78, 5) is 30.1. The van der Waals surface area contributed by atoms with Gasteiger partial charge in [0.15, 0.2) is 6.29 Å². The zero-order chi connectivity index (χ0) is 18.0. The highest BCUT2D eigenvalue weighted by molar-refractivity contribution is 7.18. The number of rotatable bonds is 4. The lowest BCUT2D eigenvalue weighted by atomic mass is 10.0. The zero-order valence-corrected chi connectivity index (χ0v) is 14.3. The molecular formula is C18H13N3O3S. The third-order valence-corrected chi connectivity index (χ3v) is 4.48. The molecule has 3 aromatic rings. The fourth-order valence-corrected chi connectivity index (χ4v) is 3.31. The Hall–Kier alpha value is -3.24. The lowest BCUT2D eigenvalue weighted by molar-refractivity contribution is 0.112. The van der Waals surface area contributed by atoms with Crippen molar-refractivity contribution in [2.24, 2.45) is 4.99 Å². The van der Waals surface area contributed by atoms with E-state index in [0.29, 0.717) is 22.3 Å². The van der Waals surface area contributed by atoms with Crippen LogP contribution in [0.5, 0.6) is 0 Å². The van der Waals surface area contributed by atoms with Crippen molar-refractivity contribution in [1.29, 1.82) is 5.26 Å². The van der Waals surface area contributed by atoms with Gasteiger partial charge >= 0.3 is 5.63 Å². The van der Waals surface area contributed by atoms with Crippen LogP contribution >= 0.6 is 11.3 Å². The Labute approximate surface area is 147 Å². The first-order chi connectivity index (χ1) is 12.0. The molecule has 0 radical (unpaired) electrons. The first-order valence-electron chi connectivity index (χ1n) is 7.31. The average Bonchev–Trinajstić information content (AvgIpc) is 2.96. The van der Waals surface area contributed by atoms with E-state index >= 15 is 0 Å². The molecule has 7 heteroatoms. The van der Waals surface area contributed by atoms with Crippen LogP contribution in [0.3, 0.4) is 0 Å². The molecule has 0 aliphatic rings. The van der Waals surface area contributed by atoms with E-state index in [1.54, 1.807) is 43.3 Å². The third kappa shape index (κ3) is 3.07. The Balaban J connectivity index is 2.30. The van der Waals surface area contributed by atoms with Gasteiger partial charge in [-0.2, -0.15) is 5.26 Å². The number of para-hydroxylation sites is 1. The van der Waals surface area contributed by atoms with Crippen LogP contribution in [0, 0.1) is 11.3 Å². The smallest absolute Gasteiger partial charge is 0.344 e. The van der Waals surface area contributed by atoms with Crippen LogP contribution in [0.25, 0.3) is 22.1 Å². The highest BCUT2D eigenvalue weighted by Crippen LogP contribution is 2.40. The second-order valence-corrected chi connectivity index (χ2v) is 6.48. The van der Waals surface area contributed by atoms with Gasteiger partial charge < -0.3 is 9.32 Å². The predicted molar refractivity (Wildman–Crippen MR) is 97.7 cm³/mol. The van der Waals surface area contributed by atoms with Crippen molar-refractivity contribution in [2.45, 2.75) is 0 Å². The summed E-state index contributed by atoms with van der Waals surface area (Å²) in [5.74, 6) is 0. The molecule has 25 heavy (non-hydrogen) atoms. The van der Waals surface area contributed by atoms with Crippen molar-refractivity contribution in [3.63, 3.8) is 0 Å². The molecule has 0 aliphatic heterocycles. The van der Waals surface area contributed by atoms with Gasteiger partial charge in [-0.15, -0.1) is 11.3 Å². The number of thiophene rings is 1. The number of nitriles is 1. The zero-order valence-electron chi connectivity index (χ0n) is 13.5. The number of carbonyl (C=O) groups excluding carboxylic acids is 1. The van der Waals surface area contributed by atoms with Gasteiger partial charge in [-0.25, -0.2) is 9.79 Å². The summed E-state index contributed by atoms with van der Waals surface area (Å²) < 4.78 is 5.33. The molecule has 0 N–H and O–H groups in total. The minimum absolute atomic E-state index is 0.180. The molecule has 0 amide bonds. The SMILES string of the molecule is CN(C)C=Nc1sc(C=O)c(-c2cc3ccccc3oc2=O)c1C#N. The maximum atomic E-state index is 12.4. The predicted octanol–water partition coefficient (Wildman–Crippen LogP) is 3.43. The van der Waals surface area contributed by atoms with E-state index < -0.39 is 5.63 Å². The molecule has 2 aromatic heterocycles. The third-order valence-electron chi connectivity index (χ3n) is 3.45. The molecule has 0 saturated carbocycles. The van der Waals surface area contributed by atoms with E-state index in [1.807, 2.05) is 6.07 Å². The van der Waals surface area contributed by atoms with Gasteiger partial charge in [0.05, 0.1) is 22.3 Å². The fraction of sp³-hybridized carbons (Fsp3) is 0.111. The lowest BCUT2D eigenvalue weighted by Gasteiger charge is -2.03. The highest BCUT2D eigenvalue weighted by Gasteiger charge is 2.22. The number of aldehydes is 1. The van der Waals surface area contributed by atoms with Crippen LogP contribution in [0.2, 0.25) is 0 Å². The molecule has 2 heterocycles. The van der Waals surface area contributed by atoms with Gasteiger partial charge in [-0.3, -0.25) is 4.79 Å². The molecule has 0 saturated heterocycles. The molecular weight excluding hydrogens is 338 g/mol. The van der Waals surface area contributed by atoms with E-state index in [0.717, 1.165) is 11.3 Å². The van der Waals surface area contributed by atoms with E-state index in [4.69, 9.17) is 4.42 Å². The quantitative estimate of drug-likeness (QED) is 0.311. The van der Waals surface area contributed by atoms with Crippen LogP contribution in [0.15, 0.2) is 44.5 Å². The Bertz CT molecular complexity index is 1090. The minimum atomic E-state index is -0.598. The summed E-state index contributed by atoms with van der Waals surface area (Å²) in [5.41, 5.74) is 0.489. The maximum Gasteiger partial charge on any atom is 0.344 e. The molecule has 0 aliphatic carbocycles. The number of carbonyl (C=O) groups is 1. The van der Waals surface area contributed by atoms with Gasteiger partial charge in [0.1, 0.15) is 16.7 Å². The molecule has 6 nitrogen and oxygen atoms in total. The average molecular weight is 351 g/mol. The van der Waals surface area contributed by atoms with Crippen LogP contribution < -0.4 is 5.63 Å². The van der Waals surface area contributed by atoms with Gasteiger partial charge in [-0.05, 0) is 12.1 Å². The molecule has 1 aromatic carbocycles. The van der Waals surface area contributed by atoms with E-state index in [2.05, 4.69) is 11.1 Å². The van der Waals surface area contributed by atoms with Crippen molar-refractivity contribution < 1.29 is 9.21 Å². The maximum absolute atomic E-state index is 12.4. The molecule has 0 fully saturated rings. The van der Waals surface area contributed by atoms with Gasteiger partial charge in [0.25, 0.3) is 0 Å². The fourth-order valence-electron chi connectivity index (χ4n) is 2.39. The highest BCUT2D eigenvalue weighted by atomic mass is 32.1.